The standard InChI is InChI=1S/C28H39N5O3S/c1-19(2)33(20-11-7-6-8-12-20)26(34)23-18-37-25(31-23)15-16-32(27(35)36-28(3,4)5)17-24-29-21-13-9-10-14-22(21)30-24/h9-10,13-14,18-20H,6-8,11-12,15-17H2,1-5H3,(H,29,30). The quantitative estimate of drug-likeness (QED) is 0.379. The summed E-state index contributed by atoms with van der Waals surface area (Å²) in [6, 6.07) is 8.21. The van der Waals surface area contributed by atoms with Gasteiger partial charge in [0.25, 0.3) is 5.91 Å². The molecule has 1 N–H and O–H groups in total. The normalized spacial score (nSPS) is 14.8. The van der Waals surface area contributed by atoms with E-state index in [2.05, 4.69) is 28.8 Å². The van der Waals surface area contributed by atoms with Gasteiger partial charge in [-0.05, 0) is 59.6 Å². The van der Waals surface area contributed by atoms with Crippen molar-refractivity contribution in [1.29, 1.82) is 0 Å². The number of rotatable bonds is 8. The van der Waals surface area contributed by atoms with Crippen LogP contribution in [0.5, 0.6) is 0 Å². The Bertz CT molecular complexity index is 1170. The lowest BCUT2D eigenvalue weighted by atomic mass is 9.93. The molecule has 0 aliphatic heterocycles. The number of aromatic amines is 1. The summed E-state index contributed by atoms with van der Waals surface area (Å²) >= 11 is 1.47. The molecule has 0 spiro atoms. The fraction of sp³-hybridized carbons (Fsp3) is 0.571. The van der Waals surface area contributed by atoms with Gasteiger partial charge >= 0.3 is 6.09 Å². The Morgan fingerprint density at radius 3 is 2.54 bits per heavy atom. The third-order valence-corrected chi connectivity index (χ3v) is 7.46. The number of para-hydroxylation sites is 2. The number of hydrogen-bond donors (Lipinski definition) is 1. The number of nitrogens with one attached hydrogen (secondary N) is 1. The molecule has 2 heterocycles. The average molecular weight is 526 g/mol. The molecule has 0 atom stereocenters. The largest absolute Gasteiger partial charge is 0.444 e. The van der Waals surface area contributed by atoms with Gasteiger partial charge in [0.15, 0.2) is 0 Å². The number of amides is 2. The Morgan fingerprint density at radius 1 is 1.14 bits per heavy atom. The van der Waals surface area contributed by atoms with Crippen molar-refractivity contribution in [2.75, 3.05) is 6.54 Å². The molecule has 4 rings (SSSR count). The van der Waals surface area contributed by atoms with Crippen LogP contribution in [0.2, 0.25) is 0 Å². The molecule has 1 aromatic carbocycles. The SMILES string of the molecule is CC(C)N(C(=O)c1csc(CCN(Cc2nc3ccccc3[nH]2)C(=O)OC(C)(C)C)n1)C1CCCCC1. The van der Waals surface area contributed by atoms with E-state index in [-0.39, 0.29) is 18.0 Å². The predicted octanol–water partition coefficient (Wildman–Crippen LogP) is 6.18. The van der Waals surface area contributed by atoms with Gasteiger partial charge in [-0.25, -0.2) is 14.8 Å². The smallest absolute Gasteiger partial charge is 0.410 e. The van der Waals surface area contributed by atoms with Crippen LogP contribution in [-0.2, 0) is 17.7 Å². The summed E-state index contributed by atoms with van der Waals surface area (Å²) in [5.74, 6) is 0.706. The molecule has 2 amide bonds. The molecule has 2 aromatic heterocycles. The predicted molar refractivity (Wildman–Crippen MR) is 147 cm³/mol. The number of fused-ring (bicyclic) bond motifs is 1. The van der Waals surface area contributed by atoms with Crippen LogP contribution >= 0.6 is 11.3 Å². The highest BCUT2D eigenvalue weighted by Gasteiger charge is 2.30. The van der Waals surface area contributed by atoms with E-state index in [0.717, 1.165) is 28.9 Å². The monoisotopic (exact) mass is 525 g/mol. The van der Waals surface area contributed by atoms with E-state index in [1.165, 1.54) is 30.6 Å². The molecule has 37 heavy (non-hydrogen) atoms. The first-order chi connectivity index (χ1) is 17.6. The van der Waals surface area contributed by atoms with Crippen LogP contribution in [0.4, 0.5) is 4.79 Å². The second-order valence-electron chi connectivity index (χ2n) is 11.1. The number of carbonyl (C=O) groups is 2. The van der Waals surface area contributed by atoms with Crippen molar-refractivity contribution in [3.8, 4) is 0 Å². The maximum atomic E-state index is 13.4. The summed E-state index contributed by atoms with van der Waals surface area (Å²) in [5, 5.41) is 2.68. The number of carbonyl (C=O) groups excluding carboxylic acids is 2. The summed E-state index contributed by atoms with van der Waals surface area (Å²) in [4.78, 5) is 42.7. The molecule has 0 saturated heterocycles. The zero-order chi connectivity index (χ0) is 26.6. The zero-order valence-corrected chi connectivity index (χ0v) is 23.4. The van der Waals surface area contributed by atoms with Gasteiger partial charge in [-0.2, -0.15) is 0 Å². The molecule has 0 radical (unpaired) electrons. The van der Waals surface area contributed by atoms with Crippen molar-refractivity contribution >= 4 is 34.4 Å². The van der Waals surface area contributed by atoms with Crippen molar-refractivity contribution in [3.63, 3.8) is 0 Å². The number of thiazole rings is 1. The number of aromatic nitrogens is 3. The van der Waals surface area contributed by atoms with Crippen molar-refractivity contribution in [3.05, 3.63) is 46.2 Å². The number of benzene rings is 1. The van der Waals surface area contributed by atoms with E-state index < -0.39 is 11.7 Å². The molecule has 200 valence electrons. The van der Waals surface area contributed by atoms with E-state index in [9.17, 15) is 9.59 Å². The van der Waals surface area contributed by atoms with Crippen LogP contribution in [0.15, 0.2) is 29.6 Å². The molecular weight excluding hydrogens is 486 g/mol. The summed E-state index contributed by atoms with van der Waals surface area (Å²) in [6.45, 7) is 10.4. The van der Waals surface area contributed by atoms with Gasteiger partial charge in [0.2, 0.25) is 0 Å². The maximum absolute atomic E-state index is 13.4. The number of hydrogen-bond acceptors (Lipinski definition) is 6. The van der Waals surface area contributed by atoms with Crippen LogP contribution in [0.1, 0.15) is 88.0 Å². The van der Waals surface area contributed by atoms with Crippen LogP contribution in [0.25, 0.3) is 11.0 Å². The van der Waals surface area contributed by atoms with Crippen LogP contribution in [-0.4, -0.2) is 61.0 Å². The van der Waals surface area contributed by atoms with E-state index in [4.69, 9.17) is 4.74 Å². The first-order valence-electron chi connectivity index (χ1n) is 13.3. The number of H-pyrrole nitrogens is 1. The first-order valence-corrected chi connectivity index (χ1v) is 14.2. The van der Waals surface area contributed by atoms with Crippen LogP contribution in [0, 0.1) is 0 Å². The number of imidazole rings is 1. The number of nitrogens with zero attached hydrogens (tertiary/aromatic N) is 4. The highest BCUT2D eigenvalue weighted by atomic mass is 32.1. The molecular formula is C28H39N5O3S. The Kier molecular flexibility index (Phi) is 8.52. The second-order valence-corrected chi connectivity index (χ2v) is 12.0. The Labute approximate surface area is 223 Å². The summed E-state index contributed by atoms with van der Waals surface area (Å²) < 4.78 is 5.67. The molecule has 8 nitrogen and oxygen atoms in total. The lowest BCUT2D eigenvalue weighted by Crippen LogP contribution is -2.45. The van der Waals surface area contributed by atoms with Crippen molar-refractivity contribution in [2.45, 2.75) is 97.4 Å². The molecule has 9 heteroatoms. The fourth-order valence-electron chi connectivity index (χ4n) is 4.89. The summed E-state index contributed by atoms with van der Waals surface area (Å²) in [5.41, 5.74) is 1.68. The van der Waals surface area contributed by atoms with Gasteiger partial charge in [-0.1, -0.05) is 31.4 Å². The Morgan fingerprint density at radius 2 is 1.86 bits per heavy atom. The van der Waals surface area contributed by atoms with E-state index in [1.54, 1.807) is 4.90 Å². The van der Waals surface area contributed by atoms with Crippen LogP contribution < -0.4 is 0 Å². The third kappa shape index (κ3) is 7.09. The van der Waals surface area contributed by atoms with Gasteiger partial charge in [0.1, 0.15) is 17.1 Å². The molecule has 0 bridgehead atoms. The summed E-state index contributed by atoms with van der Waals surface area (Å²) in [7, 11) is 0. The van der Waals surface area contributed by atoms with Gasteiger partial charge in [0.05, 0.1) is 22.6 Å². The minimum absolute atomic E-state index is 0.00988. The topological polar surface area (TPSA) is 91.4 Å². The lowest BCUT2D eigenvalue weighted by molar-refractivity contribution is 0.0231. The van der Waals surface area contributed by atoms with E-state index in [1.807, 2.05) is 55.3 Å². The van der Waals surface area contributed by atoms with Crippen molar-refractivity contribution in [2.24, 2.45) is 0 Å². The fourth-order valence-corrected chi connectivity index (χ4v) is 5.65. The Hall–Kier alpha value is -2.94. The van der Waals surface area contributed by atoms with Crippen LogP contribution in [0.3, 0.4) is 0 Å². The molecule has 1 fully saturated rings. The van der Waals surface area contributed by atoms with Gasteiger partial charge in [-0.15, -0.1) is 11.3 Å². The zero-order valence-electron chi connectivity index (χ0n) is 22.6. The second kappa shape index (κ2) is 11.6. The highest BCUT2D eigenvalue weighted by molar-refractivity contribution is 7.09. The molecule has 1 aliphatic rings. The lowest BCUT2D eigenvalue weighted by Gasteiger charge is -2.37. The molecule has 1 aliphatic carbocycles. The highest BCUT2D eigenvalue weighted by Crippen LogP contribution is 2.26. The minimum atomic E-state index is -0.608. The van der Waals surface area contributed by atoms with E-state index in [0.29, 0.717) is 31.0 Å². The maximum Gasteiger partial charge on any atom is 0.410 e. The summed E-state index contributed by atoms with van der Waals surface area (Å²) in [6.07, 6.45) is 5.86. The molecule has 3 aromatic rings. The average Bonchev–Trinajstić information content (AvgIpc) is 3.48. The van der Waals surface area contributed by atoms with Crippen molar-refractivity contribution < 1.29 is 14.3 Å². The van der Waals surface area contributed by atoms with E-state index >= 15 is 0 Å². The van der Waals surface area contributed by atoms with Gasteiger partial charge in [-0.3, -0.25) is 4.79 Å². The molecule has 1 saturated carbocycles. The van der Waals surface area contributed by atoms with Gasteiger partial charge in [0, 0.05) is 30.4 Å². The van der Waals surface area contributed by atoms with Gasteiger partial charge < -0.3 is 19.5 Å². The minimum Gasteiger partial charge on any atom is -0.444 e. The third-order valence-electron chi connectivity index (χ3n) is 6.56. The first kappa shape index (κ1) is 27.1. The molecule has 0 unspecified atom stereocenters. The van der Waals surface area contributed by atoms with Crippen molar-refractivity contribution in [1.82, 2.24) is 24.8 Å². The number of ether oxygens (including phenoxy) is 1. The Balaban J connectivity index is 1.46.